The van der Waals surface area contributed by atoms with Crippen molar-refractivity contribution in [3.8, 4) is 11.4 Å². The van der Waals surface area contributed by atoms with E-state index in [1.165, 1.54) is 6.07 Å². The Hall–Kier alpha value is -3.47. The van der Waals surface area contributed by atoms with E-state index >= 15 is 0 Å². The maximum Gasteiger partial charge on any atom is 0.417 e. The lowest BCUT2D eigenvalue weighted by molar-refractivity contribution is -0.137. The quantitative estimate of drug-likeness (QED) is 0.350. The van der Waals surface area contributed by atoms with E-state index in [0.717, 1.165) is 36.4 Å². The molecule has 1 saturated carbocycles. The zero-order valence-corrected chi connectivity index (χ0v) is 20.7. The Morgan fingerprint density at radius 1 is 0.973 bits per heavy atom. The molecule has 2 aliphatic rings. The highest BCUT2D eigenvalue weighted by Crippen LogP contribution is 2.41. The van der Waals surface area contributed by atoms with E-state index in [2.05, 4.69) is 26.2 Å². The van der Waals surface area contributed by atoms with Crippen molar-refractivity contribution >= 4 is 11.2 Å². The predicted octanol–water partition coefficient (Wildman–Crippen LogP) is 5.67. The van der Waals surface area contributed by atoms with Gasteiger partial charge < -0.3 is 4.74 Å². The van der Waals surface area contributed by atoms with E-state index in [0.29, 0.717) is 53.0 Å². The number of ether oxygens (including phenoxy) is 1. The van der Waals surface area contributed by atoms with E-state index in [9.17, 15) is 13.2 Å². The monoisotopic (exact) mass is 509 g/mol. The van der Waals surface area contributed by atoms with Crippen LogP contribution in [0.25, 0.3) is 22.6 Å². The second-order valence-electron chi connectivity index (χ2n) is 10.0. The van der Waals surface area contributed by atoms with Crippen LogP contribution in [0.4, 0.5) is 13.2 Å². The summed E-state index contributed by atoms with van der Waals surface area (Å²) in [5, 5.41) is 4.51. The largest absolute Gasteiger partial charge is 0.417 e. The molecule has 0 radical (unpaired) electrons. The zero-order valence-electron chi connectivity index (χ0n) is 20.7. The molecule has 4 aromatic rings. The number of hydrogen-bond acceptors (Lipinski definition) is 7. The first kappa shape index (κ1) is 23.9. The van der Waals surface area contributed by atoms with Crippen molar-refractivity contribution in [2.45, 2.75) is 76.8 Å². The number of hydrogen-bond donors (Lipinski definition) is 0. The van der Waals surface area contributed by atoms with Crippen molar-refractivity contribution in [1.29, 1.82) is 0 Å². The average Bonchev–Trinajstić information content (AvgIpc) is 3.59. The Balaban J connectivity index is 1.40. The van der Waals surface area contributed by atoms with Crippen LogP contribution in [0, 0.1) is 13.8 Å². The average molecular weight is 510 g/mol. The second kappa shape index (κ2) is 8.83. The van der Waals surface area contributed by atoms with E-state index in [1.54, 1.807) is 0 Å². The maximum atomic E-state index is 13.1. The SMILES string of the molecule is Cc1nc2nc([C@H]3C[C@@H](C)O[C@H](c4cnn(C5CC5)c4)C3)nc(-c3ccc(C(F)(F)F)cn3)c2nc1C. The predicted molar refractivity (Wildman–Crippen MR) is 129 cm³/mol. The zero-order chi connectivity index (χ0) is 25.9. The van der Waals surface area contributed by atoms with Crippen LogP contribution in [0.1, 0.15) is 79.0 Å². The summed E-state index contributed by atoms with van der Waals surface area (Å²) in [6.45, 7) is 5.70. The normalized spacial score (nSPS) is 22.5. The van der Waals surface area contributed by atoms with Crippen molar-refractivity contribution in [2.24, 2.45) is 0 Å². The molecule has 3 atom stereocenters. The van der Waals surface area contributed by atoms with Crippen LogP contribution in [0.5, 0.6) is 0 Å². The molecule has 5 heterocycles. The standard InChI is InChI=1S/C26H26F3N7O/c1-13-8-16(9-21(37-13)17-10-31-36(12-17)19-5-6-19)24-34-22(20-7-4-18(11-30-20)26(27,28)29)23-25(35-24)33-15(3)14(2)32-23/h4,7,10-13,16,19,21H,5-6,8-9H2,1-3H3/t13-,16+,21+/m1/s1. The molecule has 0 unspecified atom stereocenters. The van der Waals surface area contributed by atoms with Gasteiger partial charge in [-0.1, -0.05) is 0 Å². The van der Waals surface area contributed by atoms with Gasteiger partial charge in [0.25, 0.3) is 0 Å². The topological polar surface area (TPSA) is 91.5 Å². The Labute approximate surface area is 211 Å². The highest BCUT2D eigenvalue weighted by molar-refractivity contribution is 5.85. The first-order valence-corrected chi connectivity index (χ1v) is 12.4. The van der Waals surface area contributed by atoms with E-state index < -0.39 is 11.7 Å². The number of fused-ring (bicyclic) bond motifs is 1. The Morgan fingerprint density at radius 2 is 1.76 bits per heavy atom. The molecule has 0 amide bonds. The van der Waals surface area contributed by atoms with Crippen molar-refractivity contribution in [2.75, 3.05) is 0 Å². The van der Waals surface area contributed by atoms with E-state index in [-0.39, 0.29) is 18.1 Å². The highest BCUT2D eigenvalue weighted by Gasteiger charge is 2.34. The van der Waals surface area contributed by atoms with Gasteiger partial charge in [-0.25, -0.2) is 19.9 Å². The summed E-state index contributed by atoms with van der Waals surface area (Å²) in [5.41, 5.74) is 3.13. The van der Waals surface area contributed by atoms with Crippen LogP contribution in [-0.4, -0.2) is 40.8 Å². The Kier molecular flexibility index (Phi) is 5.70. The summed E-state index contributed by atoms with van der Waals surface area (Å²) in [6, 6.07) is 2.82. The molecule has 37 heavy (non-hydrogen) atoms. The molecular weight excluding hydrogens is 483 g/mol. The van der Waals surface area contributed by atoms with E-state index in [4.69, 9.17) is 14.7 Å². The minimum absolute atomic E-state index is 0.0363. The first-order chi connectivity index (χ1) is 17.7. The Morgan fingerprint density at radius 3 is 2.46 bits per heavy atom. The number of alkyl halides is 3. The van der Waals surface area contributed by atoms with Gasteiger partial charge in [-0.15, -0.1) is 0 Å². The van der Waals surface area contributed by atoms with Crippen LogP contribution in [0.15, 0.2) is 30.7 Å². The van der Waals surface area contributed by atoms with Crippen LogP contribution in [-0.2, 0) is 10.9 Å². The number of aryl methyl sites for hydroxylation is 2. The molecule has 1 aliphatic heterocycles. The van der Waals surface area contributed by atoms with Gasteiger partial charge in [0, 0.05) is 23.9 Å². The highest BCUT2D eigenvalue weighted by atomic mass is 19.4. The van der Waals surface area contributed by atoms with Gasteiger partial charge in [0.05, 0.1) is 47.1 Å². The number of rotatable bonds is 4. The fraction of sp³-hybridized carbons (Fsp3) is 0.462. The summed E-state index contributed by atoms with van der Waals surface area (Å²) in [7, 11) is 0. The fourth-order valence-corrected chi connectivity index (χ4v) is 4.82. The molecule has 2 fully saturated rings. The van der Waals surface area contributed by atoms with Crippen molar-refractivity contribution in [1.82, 2.24) is 34.7 Å². The lowest BCUT2D eigenvalue weighted by Crippen LogP contribution is -2.26. The molecule has 0 N–H and O–H groups in total. The minimum atomic E-state index is -4.47. The van der Waals surface area contributed by atoms with Crippen molar-refractivity contribution < 1.29 is 17.9 Å². The number of aromatic nitrogens is 7. The van der Waals surface area contributed by atoms with Gasteiger partial charge in [0.2, 0.25) is 0 Å². The molecule has 1 aliphatic carbocycles. The molecule has 11 heteroatoms. The molecule has 0 spiro atoms. The molecule has 0 bridgehead atoms. The fourth-order valence-electron chi connectivity index (χ4n) is 4.82. The van der Waals surface area contributed by atoms with Gasteiger partial charge in [-0.3, -0.25) is 9.67 Å². The summed E-state index contributed by atoms with van der Waals surface area (Å²) in [6.07, 6.45) is 3.75. The van der Waals surface area contributed by atoms with Gasteiger partial charge in [-0.05, 0) is 58.6 Å². The maximum absolute atomic E-state index is 13.1. The third kappa shape index (κ3) is 4.68. The van der Waals surface area contributed by atoms with Crippen LogP contribution in [0.2, 0.25) is 0 Å². The lowest BCUT2D eigenvalue weighted by atomic mass is 9.89. The van der Waals surface area contributed by atoms with Gasteiger partial charge in [0.15, 0.2) is 5.65 Å². The second-order valence-corrected chi connectivity index (χ2v) is 10.0. The summed E-state index contributed by atoms with van der Waals surface area (Å²) >= 11 is 0. The number of pyridine rings is 1. The van der Waals surface area contributed by atoms with Crippen LogP contribution >= 0.6 is 0 Å². The molecule has 1 saturated heterocycles. The number of nitrogens with zero attached hydrogens (tertiary/aromatic N) is 7. The lowest BCUT2D eigenvalue weighted by Gasteiger charge is -2.33. The molecule has 4 aromatic heterocycles. The van der Waals surface area contributed by atoms with Crippen molar-refractivity contribution in [3.05, 3.63) is 59.1 Å². The minimum Gasteiger partial charge on any atom is -0.370 e. The van der Waals surface area contributed by atoms with Gasteiger partial charge >= 0.3 is 6.18 Å². The third-order valence-electron chi connectivity index (χ3n) is 7.08. The summed E-state index contributed by atoms with van der Waals surface area (Å²) in [5.74, 6) is 0.524. The van der Waals surface area contributed by atoms with Crippen LogP contribution < -0.4 is 0 Å². The molecular formula is C26H26F3N7O. The number of halogens is 3. The third-order valence-corrected chi connectivity index (χ3v) is 7.08. The Bertz CT molecular complexity index is 1460. The van der Waals surface area contributed by atoms with E-state index in [1.807, 2.05) is 31.6 Å². The van der Waals surface area contributed by atoms with Gasteiger partial charge in [-0.2, -0.15) is 18.3 Å². The summed E-state index contributed by atoms with van der Waals surface area (Å²) < 4.78 is 47.7. The molecule has 6 rings (SSSR count). The molecule has 192 valence electrons. The van der Waals surface area contributed by atoms with Crippen LogP contribution in [0.3, 0.4) is 0 Å². The smallest absolute Gasteiger partial charge is 0.370 e. The summed E-state index contributed by atoms with van der Waals surface area (Å²) in [4.78, 5) is 23.0. The molecule has 0 aromatic carbocycles. The van der Waals surface area contributed by atoms with Gasteiger partial charge in [0.1, 0.15) is 17.0 Å². The molecule has 8 nitrogen and oxygen atoms in total. The van der Waals surface area contributed by atoms with Crippen molar-refractivity contribution in [3.63, 3.8) is 0 Å². The first-order valence-electron chi connectivity index (χ1n) is 12.4.